The number of fused-ring (bicyclic) bond motifs is 3. The van der Waals surface area contributed by atoms with Crippen molar-refractivity contribution in [3.63, 3.8) is 0 Å². The van der Waals surface area contributed by atoms with Crippen LogP contribution < -0.4 is 14.2 Å². The summed E-state index contributed by atoms with van der Waals surface area (Å²) in [6, 6.07) is 18.5. The van der Waals surface area contributed by atoms with E-state index in [0.717, 1.165) is 22.3 Å². The molecule has 0 saturated carbocycles. The Hall–Kier alpha value is -3.85. The van der Waals surface area contributed by atoms with Crippen LogP contribution in [0.5, 0.6) is 17.2 Å². The van der Waals surface area contributed by atoms with Crippen LogP contribution >= 0.6 is 11.8 Å². The normalized spacial score (nSPS) is 18.2. The lowest BCUT2D eigenvalue weighted by Gasteiger charge is -2.28. The van der Waals surface area contributed by atoms with Gasteiger partial charge in [0.25, 0.3) is 0 Å². The molecule has 1 unspecified atom stereocenters. The largest absolute Gasteiger partial charge is 0.493 e. The molecule has 5 rings (SSSR count). The van der Waals surface area contributed by atoms with Gasteiger partial charge in [0.2, 0.25) is 5.75 Å². The fourth-order valence-electron chi connectivity index (χ4n) is 5.09. The van der Waals surface area contributed by atoms with Gasteiger partial charge in [0, 0.05) is 11.7 Å². The number of ether oxygens (including phenoxy) is 4. The molecular weight excluding hydrogens is 494 g/mol. The first kappa shape index (κ1) is 24.8. The van der Waals surface area contributed by atoms with E-state index in [2.05, 4.69) is 12.1 Å². The summed E-state index contributed by atoms with van der Waals surface area (Å²) in [5.41, 5.74) is 5.06. The molecule has 8 nitrogen and oxygen atoms in total. The second-order valence-corrected chi connectivity index (χ2v) is 9.82. The predicted octanol–water partition coefficient (Wildman–Crippen LogP) is 5.16. The first-order valence-electron chi connectivity index (χ1n) is 11.8. The van der Waals surface area contributed by atoms with Gasteiger partial charge in [-0.15, -0.1) is 11.8 Å². The quantitative estimate of drug-likeness (QED) is 0.456. The summed E-state index contributed by atoms with van der Waals surface area (Å²) in [5.74, 6) is 0.262. The molecule has 1 fully saturated rings. The van der Waals surface area contributed by atoms with Crippen LogP contribution in [-0.2, 0) is 9.53 Å². The fourth-order valence-corrected chi connectivity index (χ4v) is 6.48. The van der Waals surface area contributed by atoms with Gasteiger partial charge in [0.1, 0.15) is 18.0 Å². The molecule has 2 atom stereocenters. The van der Waals surface area contributed by atoms with Crippen molar-refractivity contribution in [2.24, 2.45) is 0 Å². The van der Waals surface area contributed by atoms with Gasteiger partial charge in [0.15, 0.2) is 11.5 Å². The van der Waals surface area contributed by atoms with Crippen LogP contribution in [0.15, 0.2) is 60.7 Å². The lowest BCUT2D eigenvalue weighted by Crippen LogP contribution is -2.43. The van der Waals surface area contributed by atoms with E-state index in [0.29, 0.717) is 22.8 Å². The smallest absolute Gasteiger partial charge is 0.411 e. The third-order valence-corrected chi connectivity index (χ3v) is 8.13. The number of carboxylic acids is 1. The van der Waals surface area contributed by atoms with Crippen molar-refractivity contribution in [2.45, 2.75) is 17.3 Å². The minimum atomic E-state index is -1.09. The Labute approximate surface area is 219 Å². The van der Waals surface area contributed by atoms with Crippen molar-refractivity contribution < 1.29 is 33.6 Å². The first-order valence-corrected chi connectivity index (χ1v) is 12.8. The van der Waals surface area contributed by atoms with E-state index < -0.39 is 23.5 Å². The molecule has 192 valence electrons. The molecule has 1 heterocycles. The maximum absolute atomic E-state index is 13.5. The van der Waals surface area contributed by atoms with Crippen molar-refractivity contribution in [1.29, 1.82) is 0 Å². The number of amides is 1. The summed E-state index contributed by atoms with van der Waals surface area (Å²) in [6.45, 7) is 0.0995. The third kappa shape index (κ3) is 4.33. The van der Waals surface area contributed by atoms with Crippen LogP contribution in [0.2, 0.25) is 0 Å². The Balaban J connectivity index is 1.43. The van der Waals surface area contributed by atoms with Gasteiger partial charge in [-0.2, -0.15) is 0 Å². The summed E-state index contributed by atoms with van der Waals surface area (Å²) in [6.07, 6.45) is -0.682. The number of thioether (sulfide) groups is 1. The number of carboxylic acid groups (broad SMARTS) is 1. The van der Waals surface area contributed by atoms with Crippen molar-refractivity contribution in [3.05, 3.63) is 77.4 Å². The average Bonchev–Trinajstić information content (AvgIpc) is 3.51. The van der Waals surface area contributed by atoms with Gasteiger partial charge in [-0.3, -0.25) is 4.90 Å². The molecule has 0 aromatic heterocycles. The Bertz CT molecular complexity index is 1270. The van der Waals surface area contributed by atoms with Crippen LogP contribution in [0, 0.1) is 0 Å². The van der Waals surface area contributed by atoms with Crippen LogP contribution in [0.1, 0.15) is 28.0 Å². The molecule has 1 amide bonds. The molecule has 0 spiro atoms. The maximum Gasteiger partial charge on any atom is 0.411 e. The Morgan fingerprint density at radius 3 is 2.00 bits per heavy atom. The third-order valence-electron chi connectivity index (χ3n) is 6.80. The van der Waals surface area contributed by atoms with Gasteiger partial charge < -0.3 is 24.1 Å². The molecule has 9 heteroatoms. The number of benzene rings is 3. The fraction of sp³-hybridized carbons (Fsp3) is 0.286. The van der Waals surface area contributed by atoms with Gasteiger partial charge >= 0.3 is 12.1 Å². The molecule has 1 aliphatic carbocycles. The Kier molecular flexibility index (Phi) is 6.88. The van der Waals surface area contributed by atoms with Crippen molar-refractivity contribution in [1.82, 2.24) is 4.90 Å². The predicted molar refractivity (Wildman–Crippen MR) is 140 cm³/mol. The van der Waals surface area contributed by atoms with E-state index >= 15 is 0 Å². The SMILES string of the molecule is COc1cc(C2SC[C@@H](C(=O)O)N2C(=O)OCC2c3ccccc3-c3ccccc32)cc(OC)c1OC. The average molecular weight is 522 g/mol. The maximum atomic E-state index is 13.5. The van der Waals surface area contributed by atoms with Gasteiger partial charge in [-0.1, -0.05) is 48.5 Å². The van der Waals surface area contributed by atoms with Crippen LogP contribution in [-0.4, -0.2) is 61.8 Å². The second kappa shape index (κ2) is 10.3. The van der Waals surface area contributed by atoms with Crippen molar-refractivity contribution in [3.8, 4) is 28.4 Å². The highest BCUT2D eigenvalue weighted by molar-refractivity contribution is 7.99. The molecule has 3 aromatic carbocycles. The van der Waals surface area contributed by atoms with E-state index in [4.69, 9.17) is 18.9 Å². The van der Waals surface area contributed by atoms with Crippen LogP contribution in [0.4, 0.5) is 4.79 Å². The molecule has 37 heavy (non-hydrogen) atoms. The molecule has 0 bridgehead atoms. The van der Waals surface area contributed by atoms with E-state index in [-0.39, 0.29) is 18.3 Å². The highest BCUT2D eigenvalue weighted by Crippen LogP contribution is 2.48. The topological polar surface area (TPSA) is 94.5 Å². The minimum Gasteiger partial charge on any atom is -0.493 e. The summed E-state index contributed by atoms with van der Waals surface area (Å²) in [7, 11) is 4.52. The molecule has 0 radical (unpaired) electrons. The first-order chi connectivity index (χ1) is 18.0. The number of nitrogens with zero attached hydrogens (tertiary/aromatic N) is 1. The van der Waals surface area contributed by atoms with Gasteiger partial charge in [-0.25, -0.2) is 9.59 Å². The van der Waals surface area contributed by atoms with E-state index in [9.17, 15) is 14.7 Å². The summed E-state index contributed by atoms with van der Waals surface area (Å²) >= 11 is 1.35. The zero-order valence-corrected chi connectivity index (χ0v) is 21.5. The van der Waals surface area contributed by atoms with Gasteiger partial charge in [0.05, 0.1) is 21.3 Å². The number of hydrogen-bond acceptors (Lipinski definition) is 7. The Morgan fingerprint density at radius 2 is 1.49 bits per heavy atom. The summed E-state index contributed by atoms with van der Waals surface area (Å²) in [4.78, 5) is 26.9. The zero-order valence-electron chi connectivity index (χ0n) is 20.7. The van der Waals surface area contributed by atoms with E-state index in [1.807, 2.05) is 36.4 Å². The number of carbonyl (C=O) groups excluding carboxylic acids is 1. The highest BCUT2D eigenvalue weighted by Gasteiger charge is 2.44. The summed E-state index contributed by atoms with van der Waals surface area (Å²) in [5, 5.41) is 9.28. The van der Waals surface area contributed by atoms with E-state index in [1.165, 1.54) is 38.0 Å². The molecule has 2 aliphatic rings. The highest BCUT2D eigenvalue weighted by atomic mass is 32.2. The zero-order chi connectivity index (χ0) is 26.1. The Morgan fingerprint density at radius 1 is 0.919 bits per heavy atom. The number of carbonyl (C=O) groups is 2. The number of hydrogen-bond donors (Lipinski definition) is 1. The molecule has 1 N–H and O–H groups in total. The van der Waals surface area contributed by atoms with Gasteiger partial charge in [-0.05, 0) is 39.9 Å². The molecule has 1 saturated heterocycles. The monoisotopic (exact) mass is 521 g/mol. The second-order valence-electron chi connectivity index (χ2n) is 8.71. The van der Waals surface area contributed by atoms with E-state index in [1.54, 1.807) is 12.1 Å². The lowest BCUT2D eigenvalue weighted by atomic mass is 9.98. The molecule has 1 aliphatic heterocycles. The molecule has 3 aromatic rings. The number of rotatable bonds is 7. The number of aliphatic carboxylic acids is 1. The molecular formula is C28H27NO7S. The lowest BCUT2D eigenvalue weighted by molar-refractivity contribution is -0.141. The van der Waals surface area contributed by atoms with Crippen molar-refractivity contribution >= 4 is 23.8 Å². The summed E-state index contributed by atoms with van der Waals surface area (Å²) < 4.78 is 22.2. The van der Waals surface area contributed by atoms with Crippen molar-refractivity contribution in [2.75, 3.05) is 33.7 Å². The van der Waals surface area contributed by atoms with Crippen LogP contribution in [0.25, 0.3) is 11.1 Å². The standard InChI is InChI=1S/C28H27NO7S/c1-33-23-12-16(13-24(34-2)25(23)35-3)26-29(22(15-37-26)27(30)31)28(32)36-14-21-19-10-6-4-8-17(19)18-9-5-7-11-20(18)21/h4-13,21-22,26H,14-15H2,1-3H3,(H,30,31)/t22-,26?/m0/s1. The van der Waals surface area contributed by atoms with Crippen LogP contribution in [0.3, 0.4) is 0 Å². The number of methoxy groups -OCH3 is 3. The minimum absolute atomic E-state index is 0.0995.